The Labute approximate surface area is 212 Å². The molecule has 13 heteroatoms. The monoisotopic (exact) mass is 522 g/mol. The van der Waals surface area contributed by atoms with E-state index in [1.54, 1.807) is 34.4 Å². The van der Waals surface area contributed by atoms with Gasteiger partial charge in [-0.25, -0.2) is 23.1 Å². The van der Waals surface area contributed by atoms with Crippen molar-refractivity contribution in [3.63, 3.8) is 0 Å². The first kappa shape index (κ1) is 23.6. The molecule has 2 bridgehead atoms. The Bertz CT molecular complexity index is 1580. The summed E-state index contributed by atoms with van der Waals surface area (Å²) in [6.07, 6.45) is 10.6. The van der Waals surface area contributed by atoms with Crippen LogP contribution in [0.5, 0.6) is 0 Å². The Morgan fingerprint density at radius 3 is 2.51 bits per heavy atom. The summed E-state index contributed by atoms with van der Waals surface area (Å²) in [6.45, 7) is -0.532. The number of rotatable bonds is 5. The van der Waals surface area contributed by atoms with E-state index in [0.717, 1.165) is 24.7 Å². The average Bonchev–Trinajstić information content (AvgIpc) is 3.61. The minimum atomic E-state index is -3.73. The molecule has 192 valence electrons. The molecule has 2 atom stereocenters. The van der Waals surface area contributed by atoms with Crippen LogP contribution < -0.4 is 5.73 Å². The van der Waals surface area contributed by atoms with Gasteiger partial charge in [0.2, 0.25) is 5.91 Å². The highest BCUT2D eigenvalue weighted by atomic mass is 32.2. The number of carbonyl (C=O) groups excluding carboxylic acids is 1. The molecule has 0 spiro atoms. The zero-order chi connectivity index (χ0) is 25.9. The van der Waals surface area contributed by atoms with Crippen LogP contribution in [0.25, 0.3) is 22.6 Å². The number of aliphatic hydroxyl groups is 1. The molecule has 4 aromatic rings. The van der Waals surface area contributed by atoms with Crippen LogP contribution in [-0.4, -0.2) is 78.6 Å². The fourth-order valence-electron chi connectivity index (χ4n) is 5.85. The molecule has 0 saturated carbocycles. The van der Waals surface area contributed by atoms with Crippen LogP contribution in [-0.2, 0) is 14.6 Å². The van der Waals surface area contributed by atoms with Crippen molar-refractivity contribution in [2.24, 2.45) is 0 Å². The van der Waals surface area contributed by atoms with Crippen LogP contribution in [0.15, 0.2) is 47.9 Å². The molecule has 6 rings (SSSR count). The number of aromatic nitrogens is 6. The number of hydrogen-bond acceptors (Lipinski definition) is 9. The number of piperidine rings is 1. The number of pyridine rings is 1. The fourth-order valence-corrected chi connectivity index (χ4v) is 6.91. The minimum Gasteiger partial charge on any atom is -0.387 e. The molecule has 6 heterocycles. The number of fused-ring (bicyclic) bond motifs is 3. The second-order valence-corrected chi connectivity index (χ2v) is 11.6. The smallest absolute Gasteiger partial charge is 0.248 e. The summed E-state index contributed by atoms with van der Waals surface area (Å²) in [4.78, 5) is 23.4. The number of amides is 1. The van der Waals surface area contributed by atoms with Gasteiger partial charge in [-0.3, -0.25) is 4.79 Å². The standard InChI is InChI=1S/C24H26N8O4S/c1-37(35,36)22-21(15-9-16-4-5-17(10-15)31(16)20(34)13-33)29-24-18(12-28-32(24)23(22)25)14-3-6-19(26-11-14)30-8-2-7-27-30/h2-3,6-8,11-12,15-17,33H,4-5,9-10,13,25H2,1H3. The van der Waals surface area contributed by atoms with Crippen molar-refractivity contribution >= 4 is 27.2 Å². The van der Waals surface area contributed by atoms with Gasteiger partial charge in [0.25, 0.3) is 0 Å². The highest BCUT2D eigenvalue weighted by Crippen LogP contribution is 2.45. The maximum atomic E-state index is 12.9. The lowest BCUT2D eigenvalue weighted by molar-refractivity contribution is -0.138. The van der Waals surface area contributed by atoms with Crippen LogP contribution >= 0.6 is 0 Å². The SMILES string of the molecule is CS(=O)(=O)c1c(C2CC3CCC(C2)N3C(=O)CO)nc2c(-c3ccc(-n4cccn4)nc3)cnn2c1N. The largest absolute Gasteiger partial charge is 0.387 e. The van der Waals surface area contributed by atoms with Crippen molar-refractivity contribution in [1.29, 1.82) is 0 Å². The van der Waals surface area contributed by atoms with Crippen LogP contribution in [0.3, 0.4) is 0 Å². The van der Waals surface area contributed by atoms with Gasteiger partial charge in [0.1, 0.15) is 17.3 Å². The Morgan fingerprint density at radius 2 is 1.92 bits per heavy atom. The molecule has 12 nitrogen and oxygen atoms in total. The molecule has 0 aromatic carbocycles. The Kier molecular flexibility index (Phi) is 5.49. The molecule has 2 aliphatic heterocycles. The molecular weight excluding hydrogens is 496 g/mol. The van der Waals surface area contributed by atoms with Gasteiger partial charge in [0.15, 0.2) is 21.3 Å². The molecule has 2 aliphatic rings. The van der Waals surface area contributed by atoms with E-state index in [-0.39, 0.29) is 34.6 Å². The predicted octanol–water partition coefficient (Wildman–Crippen LogP) is 1.19. The van der Waals surface area contributed by atoms with E-state index in [9.17, 15) is 18.3 Å². The molecule has 37 heavy (non-hydrogen) atoms. The lowest BCUT2D eigenvalue weighted by atomic mass is 9.87. The van der Waals surface area contributed by atoms with Gasteiger partial charge < -0.3 is 15.7 Å². The van der Waals surface area contributed by atoms with Gasteiger partial charge in [0, 0.05) is 54.0 Å². The Morgan fingerprint density at radius 1 is 1.16 bits per heavy atom. The second kappa shape index (κ2) is 8.63. The molecule has 3 N–H and O–H groups in total. The first-order valence-electron chi connectivity index (χ1n) is 12.0. The van der Waals surface area contributed by atoms with Gasteiger partial charge in [-0.05, 0) is 43.9 Å². The van der Waals surface area contributed by atoms with E-state index in [1.165, 1.54) is 4.52 Å². The Hall–Kier alpha value is -3.84. The summed E-state index contributed by atoms with van der Waals surface area (Å²) in [5.74, 6) is 0.162. The summed E-state index contributed by atoms with van der Waals surface area (Å²) in [6, 6.07) is 5.37. The summed E-state index contributed by atoms with van der Waals surface area (Å²) in [5, 5.41) is 17.9. The number of nitrogens with zero attached hydrogens (tertiary/aromatic N) is 7. The predicted molar refractivity (Wildman–Crippen MR) is 134 cm³/mol. The number of nitrogen functional groups attached to an aromatic ring is 1. The van der Waals surface area contributed by atoms with Crippen molar-refractivity contribution < 1.29 is 18.3 Å². The Balaban J connectivity index is 1.45. The van der Waals surface area contributed by atoms with Gasteiger partial charge in [-0.2, -0.15) is 14.7 Å². The quantitative estimate of drug-likeness (QED) is 0.392. The molecule has 0 radical (unpaired) electrons. The summed E-state index contributed by atoms with van der Waals surface area (Å²) >= 11 is 0. The zero-order valence-electron chi connectivity index (χ0n) is 20.1. The van der Waals surface area contributed by atoms with Gasteiger partial charge in [-0.1, -0.05) is 0 Å². The van der Waals surface area contributed by atoms with Crippen molar-refractivity contribution in [2.45, 2.75) is 48.6 Å². The number of nitrogens with two attached hydrogens (primary N) is 1. The number of sulfone groups is 1. The van der Waals surface area contributed by atoms with Crippen LogP contribution in [0, 0.1) is 0 Å². The fraction of sp³-hybridized carbons (Fsp3) is 0.375. The summed E-state index contributed by atoms with van der Waals surface area (Å²) in [5.41, 5.74) is 8.70. The maximum Gasteiger partial charge on any atom is 0.248 e. The van der Waals surface area contributed by atoms with E-state index in [0.29, 0.717) is 35.6 Å². The second-order valence-electron chi connectivity index (χ2n) is 9.65. The summed E-state index contributed by atoms with van der Waals surface area (Å²) in [7, 11) is -3.73. The van der Waals surface area contributed by atoms with Gasteiger partial charge in [-0.15, -0.1) is 0 Å². The number of aliphatic hydroxyl groups excluding tert-OH is 1. The number of hydrogen-bond donors (Lipinski definition) is 2. The topological polar surface area (TPSA) is 162 Å². The van der Waals surface area contributed by atoms with E-state index in [2.05, 4.69) is 15.2 Å². The normalized spacial score (nSPS) is 21.6. The molecule has 1 amide bonds. The third kappa shape index (κ3) is 3.85. The van der Waals surface area contributed by atoms with Gasteiger partial charge >= 0.3 is 0 Å². The van der Waals surface area contributed by atoms with Crippen molar-refractivity contribution in [2.75, 3.05) is 18.6 Å². The van der Waals surface area contributed by atoms with E-state index >= 15 is 0 Å². The van der Waals surface area contributed by atoms with E-state index < -0.39 is 16.4 Å². The first-order valence-corrected chi connectivity index (χ1v) is 13.9. The molecule has 2 fully saturated rings. The molecule has 0 aliphatic carbocycles. The summed E-state index contributed by atoms with van der Waals surface area (Å²) < 4.78 is 28.8. The lowest BCUT2D eigenvalue weighted by Crippen LogP contribution is -2.47. The zero-order valence-corrected chi connectivity index (χ0v) is 20.9. The first-order chi connectivity index (χ1) is 17.8. The number of carbonyl (C=O) groups is 1. The van der Waals surface area contributed by atoms with E-state index in [1.807, 2.05) is 18.2 Å². The lowest BCUT2D eigenvalue weighted by Gasteiger charge is -2.39. The van der Waals surface area contributed by atoms with E-state index in [4.69, 9.17) is 10.7 Å². The third-order valence-corrected chi connectivity index (χ3v) is 8.54. The third-order valence-electron chi connectivity index (χ3n) is 7.38. The highest BCUT2D eigenvalue weighted by Gasteiger charge is 2.45. The van der Waals surface area contributed by atoms with Crippen molar-refractivity contribution in [1.82, 2.24) is 34.3 Å². The maximum absolute atomic E-state index is 12.9. The highest BCUT2D eigenvalue weighted by molar-refractivity contribution is 7.91. The van der Waals surface area contributed by atoms with Crippen LogP contribution in [0.2, 0.25) is 0 Å². The van der Waals surface area contributed by atoms with Crippen molar-refractivity contribution in [3.05, 3.63) is 48.7 Å². The molecule has 2 saturated heterocycles. The van der Waals surface area contributed by atoms with Crippen LogP contribution in [0.1, 0.15) is 37.3 Å². The van der Waals surface area contributed by atoms with Crippen LogP contribution in [0.4, 0.5) is 5.82 Å². The molecular formula is C24H26N8O4S. The number of anilines is 1. The molecule has 2 unspecified atom stereocenters. The average molecular weight is 523 g/mol. The minimum absolute atomic E-state index is 0.0103. The van der Waals surface area contributed by atoms with Gasteiger partial charge in [0.05, 0.1) is 11.9 Å². The van der Waals surface area contributed by atoms with Crippen molar-refractivity contribution in [3.8, 4) is 16.9 Å². The molecule has 4 aromatic heterocycles.